The van der Waals surface area contributed by atoms with Gasteiger partial charge in [0, 0.05) is 11.8 Å². The molecule has 4 nitrogen and oxygen atoms in total. The third kappa shape index (κ3) is 5.00. The maximum Gasteiger partial charge on any atom is 0.153 e. The molecule has 5 heteroatoms. The Morgan fingerprint density at radius 1 is 1.69 bits per heavy atom. The predicted molar refractivity (Wildman–Crippen MR) is 58.5 cm³/mol. The highest BCUT2D eigenvalue weighted by Crippen LogP contribution is 2.07. The summed E-state index contributed by atoms with van der Waals surface area (Å²) in [6.07, 6.45) is 3.16. The largest absolute Gasteiger partial charge is 0.409 e. The van der Waals surface area contributed by atoms with E-state index in [1.807, 2.05) is 18.8 Å². The van der Waals surface area contributed by atoms with Crippen LogP contribution in [-0.2, 0) is 0 Å². The monoisotopic (exact) mass is 205 g/mol. The van der Waals surface area contributed by atoms with Crippen molar-refractivity contribution in [3.8, 4) is 0 Å². The van der Waals surface area contributed by atoms with Crippen molar-refractivity contribution < 1.29 is 5.21 Å². The Labute approximate surface area is 84.2 Å². The maximum absolute atomic E-state index is 8.40. The minimum absolute atomic E-state index is 0.266. The lowest BCUT2D eigenvalue weighted by molar-refractivity contribution is 0.277. The number of amidine groups is 1. The Hall–Kier alpha value is -0.420. The smallest absolute Gasteiger partial charge is 0.153 e. The number of rotatable bonds is 6. The quantitative estimate of drug-likeness (QED) is 0.291. The number of hydrogen-bond donors (Lipinski definition) is 2. The fourth-order valence-electron chi connectivity index (χ4n) is 1.17. The second-order valence-electron chi connectivity index (χ2n) is 3.02. The van der Waals surface area contributed by atoms with Gasteiger partial charge in [-0.05, 0) is 19.7 Å². The highest BCUT2D eigenvalue weighted by Gasteiger charge is 2.12. The molecule has 1 unspecified atom stereocenters. The average Bonchev–Trinajstić information content (AvgIpc) is 2.13. The van der Waals surface area contributed by atoms with Crippen LogP contribution in [0, 0.1) is 0 Å². The summed E-state index contributed by atoms with van der Waals surface area (Å²) >= 11 is 1.81. The summed E-state index contributed by atoms with van der Waals surface area (Å²) in [5.74, 6) is 1.34. The van der Waals surface area contributed by atoms with Crippen LogP contribution in [0.5, 0.6) is 0 Å². The normalized spacial score (nSPS) is 14.9. The van der Waals surface area contributed by atoms with Crippen LogP contribution in [0.2, 0.25) is 0 Å². The van der Waals surface area contributed by atoms with Crippen molar-refractivity contribution in [3.05, 3.63) is 0 Å². The summed E-state index contributed by atoms with van der Waals surface area (Å²) in [7, 11) is 1.99. The van der Waals surface area contributed by atoms with Crippen LogP contribution in [0.4, 0.5) is 0 Å². The Morgan fingerprint density at radius 3 is 2.69 bits per heavy atom. The summed E-state index contributed by atoms with van der Waals surface area (Å²) in [5.41, 5.74) is 5.41. The van der Waals surface area contributed by atoms with Gasteiger partial charge in [-0.2, -0.15) is 11.8 Å². The minimum atomic E-state index is 0.266. The molecule has 0 spiro atoms. The summed E-state index contributed by atoms with van der Waals surface area (Å²) in [4.78, 5) is 2.10. The summed E-state index contributed by atoms with van der Waals surface area (Å²) in [5, 5.41) is 11.4. The molecule has 0 aliphatic carbocycles. The number of hydrogen-bond acceptors (Lipinski definition) is 4. The lowest BCUT2D eigenvalue weighted by atomic mass is 10.2. The number of nitrogens with zero attached hydrogens (tertiary/aromatic N) is 2. The lowest BCUT2D eigenvalue weighted by Crippen LogP contribution is -2.39. The van der Waals surface area contributed by atoms with Crippen LogP contribution in [-0.4, -0.2) is 47.6 Å². The van der Waals surface area contributed by atoms with Crippen molar-refractivity contribution in [1.29, 1.82) is 0 Å². The first-order valence-electron chi connectivity index (χ1n) is 4.31. The van der Waals surface area contributed by atoms with Gasteiger partial charge in [-0.15, -0.1) is 0 Å². The molecule has 0 bridgehead atoms. The lowest BCUT2D eigenvalue weighted by Gasteiger charge is -2.25. The Balaban J connectivity index is 3.97. The zero-order valence-electron chi connectivity index (χ0n) is 8.53. The molecular formula is C8H19N3OS. The predicted octanol–water partition coefficient (Wildman–Crippen LogP) is 0.806. The van der Waals surface area contributed by atoms with E-state index in [1.165, 1.54) is 0 Å². The molecule has 0 heterocycles. The van der Waals surface area contributed by atoms with Gasteiger partial charge in [0.15, 0.2) is 5.84 Å². The number of oxime groups is 1. The molecule has 0 aromatic rings. The SMILES string of the molecule is CCC(CSC)N(C)CC(N)=NO. The fourth-order valence-corrected chi connectivity index (χ4v) is 2.04. The van der Waals surface area contributed by atoms with Gasteiger partial charge >= 0.3 is 0 Å². The van der Waals surface area contributed by atoms with Crippen LogP contribution in [0.25, 0.3) is 0 Å². The molecule has 0 saturated carbocycles. The van der Waals surface area contributed by atoms with Crippen molar-refractivity contribution in [2.45, 2.75) is 19.4 Å². The molecule has 0 amide bonds. The second kappa shape index (κ2) is 7.03. The highest BCUT2D eigenvalue weighted by atomic mass is 32.2. The first kappa shape index (κ1) is 12.6. The van der Waals surface area contributed by atoms with E-state index in [0.29, 0.717) is 12.6 Å². The van der Waals surface area contributed by atoms with Crippen LogP contribution in [0.3, 0.4) is 0 Å². The van der Waals surface area contributed by atoms with Gasteiger partial charge in [0.2, 0.25) is 0 Å². The standard InChI is InChI=1S/C8H19N3OS/c1-4-7(6-13-3)11(2)5-8(9)10-12/h7,12H,4-6H2,1-3H3,(H2,9,10). The first-order valence-corrected chi connectivity index (χ1v) is 5.70. The van der Waals surface area contributed by atoms with E-state index < -0.39 is 0 Å². The molecule has 0 saturated heterocycles. The Bertz CT molecular complexity index is 163. The number of nitrogens with two attached hydrogens (primary N) is 1. The fraction of sp³-hybridized carbons (Fsp3) is 0.875. The van der Waals surface area contributed by atoms with Gasteiger partial charge < -0.3 is 10.9 Å². The van der Waals surface area contributed by atoms with Gasteiger partial charge in [0.05, 0.1) is 6.54 Å². The van der Waals surface area contributed by atoms with E-state index in [9.17, 15) is 0 Å². The van der Waals surface area contributed by atoms with Crippen LogP contribution < -0.4 is 5.73 Å². The zero-order chi connectivity index (χ0) is 10.3. The molecule has 0 fully saturated rings. The van der Waals surface area contributed by atoms with E-state index >= 15 is 0 Å². The van der Waals surface area contributed by atoms with Gasteiger partial charge in [-0.1, -0.05) is 12.1 Å². The molecular weight excluding hydrogens is 186 g/mol. The van der Waals surface area contributed by atoms with Gasteiger partial charge in [0.25, 0.3) is 0 Å². The third-order valence-corrected chi connectivity index (χ3v) is 2.71. The van der Waals surface area contributed by atoms with Crippen molar-refractivity contribution >= 4 is 17.6 Å². The molecule has 3 N–H and O–H groups in total. The minimum Gasteiger partial charge on any atom is -0.409 e. The van der Waals surface area contributed by atoms with Gasteiger partial charge in [-0.3, -0.25) is 4.90 Å². The van der Waals surface area contributed by atoms with E-state index in [-0.39, 0.29) is 5.84 Å². The summed E-state index contributed by atoms with van der Waals surface area (Å²) in [6.45, 7) is 2.67. The molecule has 1 atom stereocenters. The van der Waals surface area contributed by atoms with E-state index in [1.54, 1.807) is 0 Å². The van der Waals surface area contributed by atoms with Crippen molar-refractivity contribution in [2.24, 2.45) is 10.9 Å². The average molecular weight is 205 g/mol. The van der Waals surface area contributed by atoms with Crippen molar-refractivity contribution in [3.63, 3.8) is 0 Å². The van der Waals surface area contributed by atoms with Crippen LogP contribution in [0.15, 0.2) is 5.16 Å². The van der Waals surface area contributed by atoms with Crippen LogP contribution >= 0.6 is 11.8 Å². The molecule has 0 aliphatic heterocycles. The zero-order valence-corrected chi connectivity index (χ0v) is 9.34. The van der Waals surface area contributed by atoms with Crippen molar-refractivity contribution in [1.82, 2.24) is 4.90 Å². The summed E-state index contributed by atoms with van der Waals surface area (Å²) in [6, 6.07) is 0.496. The molecule has 0 rings (SSSR count). The Kier molecular flexibility index (Phi) is 6.80. The summed E-state index contributed by atoms with van der Waals surface area (Å²) < 4.78 is 0. The van der Waals surface area contributed by atoms with E-state index in [4.69, 9.17) is 10.9 Å². The second-order valence-corrected chi connectivity index (χ2v) is 3.93. The topological polar surface area (TPSA) is 61.8 Å². The maximum atomic E-state index is 8.40. The Morgan fingerprint density at radius 2 is 2.31 bits per heavy atom. The van der Waals surface area contributed by atoms with Crippen LogP contribution in [0.1, 0.15) is 13.3 Å². The van der Waals surface area contributed by atoms with E-state index in [0.717, 1.165) is 12.2 Å². The molecule has 13 heavy (non-hydrogen) atoms. The molecule has 0 aliphatic rings. The molecule has 0 aromatic carbocycles. The molecule has 78 valence electrons. The third-order valence-electron chi connectivity index (χ3n) is 1.99. The first-order chi connectivity index (χ1) is 6.15. The van der Waals surface area contributed by atoms with Gasteiger partial charge in [0.1, 0.15) is 0 Å². The highest BCUT2D eigenvalue weighted by molar-refractivity contribution is 7.98. The molecule has 0 radical (unpaired) electrons. The molecule has 0 aromatic heterocycles. The number of thioether (sulfide) groups is 1. The van der Waals surface area contributed by atoms with Crippen molar-refractivity contribution in [2.75, 3.05) is 25.6 Å². The van der Waals surface area contributed by atoms with E-state index in [2.05, 4.69) is 23.2 Å². The van der Waals surface area contributed by atoms with Gasteiger partial charge in [-0.25, -0.2) is 0 Å². The number of likely N-dealkylation sites (N-methyl/N-ethyl adjacent to an activating group) is 1.